The summed E-state index contributed by atoms with van der Waals surface area (Å²) in [4.78, 5) is 11.9. The number of ether oxygens (including phenoxy) is 1. The van der Waals surface area contributed by atoms with Crippen molar-refractivity contribution in [2.75, 3.05) is 0 Å². The Morgan fingerprint density at radius 2 is 1.09 bits per heavy atom. The first-order chi connectivity index (χ1) is 11.2. The third-order valence-corrected chi connectivity index (χ3v) is 4.54. The van der Waals surface area contributed by atoms with Crippen LogP contribution in [0.4, 0.5) is 0 Å². The largest absolute Gasteiger partial charge is 0.462 e. The molecule has 0 spiro atoms. The van der Waals surface area contributed by atoms with Gasteiger partial charge in [0.05, 0.1) is 0 Å². The SMILES string of the molecule is CCCCCCCCC(CCCCCCC)OC(=O)CCCC. The maximum Gasteiger partial charge on any atom is 0.306 e. The summed E-state index contributed by atoms with van der Waals surface area (Å²) >= 11 is 0. The number of esters is 1. The molecule has 0 saturated carbocycles. The zero-order chi connectivity index (χ0) is 17.2. The van der Waals surface area contributed by atoms with E-state index in [1.54, 1.807) is 0 Å². The first kappa shape index (κ1) is 22.5. The Kier molecular flexibility index (Phi) is 17.4. The molecule has 0 bridgehead atoms. The Labute approximate surface area is 145 Å². The molecule has 0 N–H and O–H groups in total. The summed E-state index contributed by atoms with van der Waals surface area (Å²) in [5.74, 6) is 0.0244. The Morgan fingerprint density at radius 3 is 1.57 bits per heavy atom. The van der Waals surface area contributed by atoms with Crippen LogP contribution in [0.5, 0.6) is 0 Å². The van der Waals surface area contributed by atoms with Crippen LogP contribution in [0.15, 0.2) is 0 Å². The van der Waals surface area contributed by atoms with Crippen LogP contribution in [-0.4, -0.2) is 12.1 Å². The van der Waals surface area contributed by atoms with Crippen LogP contribution in [0.2, 0.25) is 0 Å². The average molecular weight is 327 g/mol. The molecule has 0 aliphatic rings. The fraction of sp³-hybridized carbons (Fsp3) is 0.952. The van der Waals surface area contributed by atoms with Crippen LogP contribution < -0.4 is 0 Å². The van der Waals surface area contributed by atoms with Crippen LogP contribution in [0, 0.1) is 0 Å². The molecule has 0 amide bonds. The van der Waals surface area contributed by atoms with E-state index in [0.717, 1.165) is 25.7 Å². The smallest absolute Gasteiger partial charge is 0.306 e. The Balaban J connectivity index is 3.92. The van der Waals surface area contributed by atoms with Gasteiger partial charge in [0.25, 0.3) is 0 Å². The molecule has 2 heteroatoms. The lowest BCUT2D eigenvalue weighted by Crippen LogP contribution is -2.18. The van der Waals surface area contributed by atoms with E-state index in [2.05, 4.69) is 20.8 Å². The number of hydrogen-bond donors (Lipinski definition) is 0. The van der Waals surface area contributed by atoms with Crippen molar-refractivity contribution in [2.45, 2.75) is 130 Å². The van der Waals surface area contributed by atoms with Crippen molar-refractivity contribution in [1.29, 1.82) is 0 Å². The first-order valence-corrected chi connectivity index (χ1v) is 10.4. The standard InChI is InChI=1S/C21H42O2/c1-4-7-10-12-14-16-18-20(17-15-13-11-8-5-2)23-21(22)19-9-6-3/h20H,4-19H2,1-3H3. The normalized spacial score (nSPS) is 12.3. The van der Waals surface area contributed by atoms with E-state index in [1.807, 2.05) is 0 Å². The predicted octanol–water partition coefficient (Wildman–Crippen LogP) is 7.20. The number of rotatable bonds is 17. The molecule has 0 aromatic carbocycles. The maximum atomic E-state index is 11.9. The van der Waals surface area contributed by atoms with Crippen molar-refractivity contribution in [3.8, 4) is 0 Å². The molecule has 1 unspecified atom stereocenters. The summed E-state index contributed by atoms with van der Waals surface area (Å²) in [7, 11) is 0. The zero-order valence-corrected chi connectivity index (χ0v) is 16.2. The van der Waals surface area contributed by atoms with Gasteiger partial charge in [-0.2, -0.15) is 0 Å². The minimum atomic E-state index is 0.0244. The maximum absolute atomic E-state index is 11.9. The van der Waals surface area contributed by atoms with Crippen molar-refractivity contribution in [2.24, 2.45) is 0 Å². The molecule has 0 saturated heterocycles. The molecule has 2 nitrogen and oxygen atoms in total. The van der Waals surface area contributed by atoms with Gasteiger partial charge in [0, 0.05) is 6.42 Å². The van der Waals surface area contributed by atoms with Gasteiger partial charge in [0.1, 0.15) is 6.10 Å². The molecule has 0 aromatic heterocycles. The zero-order valence-electron chi connectivity index (χ0n) is 16.2. The molecule has 0 aliphatic carbocycles. The van der Waals surface area contributed by atoms with E-state index in [1.165, 1.54) is 70.6 Å². The molecular weight excluding hydrogens is 284 g/mol. The average Bonchev–Trinajstić information content (AvgIpc) is 2.55. The fourth-order valence-electron chi connectivity index (χ4n) is 2.96. The molecule has 0 fully saturated rings. The molecule has 1 atom stereocenters. The van der Waals surface area contributed by atoms with Crippen LogP contribution in [-0.2, 0) is 9.53 Å². The van der Waals surface area contributed by atoms with E-state index >= 15 is 0 Å². The van der Waals surface area contributed by atoms with Gasteiger partial charge >= 0.3 is 5.97 Å². The number of hydrogen-bond acceptors (Lipinski definition) is 2. The minimum Gasteiger partial charge on any atom is -0.462 e. The van der Waals surface area contributed by atoms with Crippen molar-refractivity contribution >= 4 is 5.97 Å². The lowest BCUT2D eigenvalue weighted by molar-refractivity contribution is -0.150. The lowest BCUT2D eigenvalue weighted by atomic mass is 10.0. The summed E-state index contributed by atoms with van der Waals surface area (Å²) in [6, 6.07) is 0. The molecule has 23 heavy (non-hydrogen) atoms. The quantitative estimate of drug-likeness (QED) is 0.209. The second-order valence-corrected chi connectivity index (χ2v) is 6.97. The summed E-state index contributed by atoms with van der Waals surface area (Å²) in [5.41, 5.74) is 0. The van der Waals surface area contributed by atoms with Crippen LogP contribution >= 0.6 is 0 Å². The van der Waals surface area contributed by atoms with Crippen molar-refractivity contribution in [3.63, 3.8) is 0 Å². The summed E-state index contributed by atoms with van der Waals surface area (Å²) < 4.78 is 5.75. The van der Waals surface area contributed by atoms with Gasteiger partial charge in [-0.15, -0.1) is 0 Å². The third kappa shape index (κ3) is 16.1. The molecular formula is C21H42O2. The second-order valence-electron chi connectivity index (χ2n) is 6.97. The van der Waals surface area contributed by atoms with Gasteiger partial charge in [-0.05, 0) is 32.1 Å². The number of carbonyl (C=O) groups excluding carboxylic acids is 1. The Hall–Kier alpha value is -0.530. The van der Waals surface area contributed by atoms with E-state index in [0.29, 0.717) is 6.42 Å². The molecule has 0 aromatic rings. The highest BCUT2D eigenvalue weighted by molar-refractivity contribution is 5.69. The summed E-state index contributed by atoms with van der Waals surface area (Å²) in [6.07, 6.45) is 19.2. The van der Waals surface area contributed by atoms with Crippen molar-refractivity contribution in [1.82, 2.24) is 0 Å². The molecule has 0 rings (SSSR count). The van der Waals surface area contributed by atoms with Gasteiger partial charge in [-0.1, -0.05) is 85.0 Å². The van der Waals surface area contributed by atoms with Crippen LogP contribution in [0.25, 0.3) is 0 Å². The van der Waals surface area contributed by atoms with Gasteiger partial charge in [0.2, 0.25) is 0 Å². The predicted molar refractivity (Wildman–Crippen MR) is 101 cm³/mol. The Bertz CT molecular complexity index is 250. The molecule has 0 heterocycles. The topological polar surface area (TPSA) is 26.3 Å². The minimum absolute atomic E-state index is 0.0244. The highest BCUT2D eigenvalue weighted by atomic mass is 16.5. The molecule has 0 aliphatic heterocycles. The van der Waals surface area contributed by atoms with E-state index in [-0.39, 0.29) is 12.1 Å². The van der Waals surface area contributed by atoms with E-state index < -0.39 is 0 Å². The summed E-state index contributed by atoms with van der Waals surface area (Å²) in [5, 5.41) is 0. The Morgan fingerprint density at radius 1 is 0.652 bits per heavy atom. The van der Waals surface area contributed by atoms with Gasteiger partial charge in [-0.25, -0.2) is 0 Å². The highest BCUT2D eigenvalue weighted by Gasteiger charge is 2.13. The fourth-order valence-corrected chi connectivity index (χ4v) is 2.96. The number of unbranched alkanes of at least 4 members (excludes halogenated alkanes) is 10. The van der Waals surface area contributed by atoms with E-state index in [9.17, 15) is 4.79 Å². The van der Waals surface area contributed by atoms with Crippen LogP contribution in [0.1, 0.15) is 124 Å². The van der Waals surface area contributed by atoms with Crippen molar-refractivity contribution in [3.05, 3.63) is 0 Å². The van der Waals surface area contributed by atoms with Gasteiger partial charge in [-0.3, -0.25) is 4.79 Å². The number of carbonyl (C=O) groups is 1. The van der Waals surface area contributed by atoms with Crippen molar-refractivity contribution < 1.29 is 9.53 Å². The molecule has 0 radical (unpaired) electrons. The lowest BCUT2D eigenvalue weighted by Gasteiger charge is -2.18. The summed E-state index contributed by atoms with van der Waals surface area (Å²) in [6.45, 7) is 6.62. The first-order valence-electron chi connectivity index (χ1n) is 10.4. The van der Waals surface area contributed by atoms with Crippen LogP contribution in [0.3, 0.4) is 0 Å². The monoisotopic (exact) mass is 326 g/mol. The second kappa shape index (κ2) is 17.8. The van der Waals surface area contributed by atoms with E-state index in [4.69, 9.17) is 4.74 Å². The molecule has 138 valence electrons. The van der Waals surface area contributed by atoms with Gasteiger partial charge < -0.3 is 4.74 Å². The highest BCUT2D eigenvalue weighted by Crippen LogP contribution is 2.17. The van der Waals surface area contributed by atoms with Gasteiger partial charge in [0.15, 0.2) is 0 Å². The third-order valence-electron chi connectivity index (χ3n) is 4.54.